The number of hydrogen-bond acceptors (Lipinski definition) is 4. The van der Waals surface area contributed by atoms with Gasteiger partial charge in [0.25, 0.3) is 0 Å². The molecule has 3 nitrogen and oxygen atoms in total. The molecule has 0 N–H and O–H groups in total. The molecule has 0 aliphatic rings. The van der Waals surface area contributed by atoms with Gasteiger partial charge in [-0.3, -0.25) is 4.98 Å². The molecule has 0 radical (unpaired) electrons. The van der Waals surface area contributed by atoms with Gasteiger partial charge in [0.15, 0.2) is 0 Å². The summed E-state index contributed by atoms with van der Waals surface area (Å²) in [5.41, 5.74) is 9.93. The Morgan fingerprint density at radius 3 is 2.38 bits per heavy atom. The van der Waals surface area contributed by atoms with Crippen molar-refractivity contribution in [3.63, 3.8) is 0 Å². The van der Waals surface area contributed by atoms with E-state index < -0.39 is 5.89 Å². The molecule has 0 fully saturated rings. The van der Waals surface area contributed by atoms with Gasteiger partial charge in [0.05, 0.1) is 20.9 Å². The fourth-order valence-corrected chi connectivity index (χ4v) is 6.42. The van der Waals surface area contributed by atoms with Gasteiger partial charge in [0, 0.05) is 34.9 Å². The summed E-state index contributed by atoms with van der Waals surface area (Å²) < 4.78 is 16.7. The van der Waals surface area contributed by atoms with E-state index in [4.69, 9.17) is 15.8 Å². The quantitative estimate of drug-likeness (QED) is 0.240. The van der Waals surface area contributed by atoms with Gasteiger partial charge in [-0.1, -0.05) is 65.0 Å². The minimum Gasteiger partial charge on any atom is -0.455 e. The van der Waals surface area contributed by atoms with Crippen LogP contribution in [0.3, 0.4) is 0 Å². The SMILES string of the molecule is [2H]C(C)(C)c1cc(-c2cccc3c2oc2ccc4nc(C(C)(C)C)sc4c23)ncc1-c1c(C)cccc1C. The number of aryl methyl sites for hydroxylation is 2. The normalized spacial score (nSPS) is 13.1. The third-order valence-corrected chi connectivity index (χ3v) is 8.64. The highest BCUT2D eigenvalue weighted by Gasteiger charge is 2.23. The molecule has 0 saturated carbocycles. The molecule has 4 heteroatoms. The number of thiazole rings is 1. The first kappa shape index (κ1) is 22.7. The number of benzene rings is 3. The second-order valence-corrected chi connectivity index (χ2v) is 12.2. The Labute approximate surface area is 223 Å². The number of furan rings is 1. The molecule has 6 aromatic rings. The van der Waals surface area contributed by atoms with Crippen LogP contribution in [0.4, 0.5) is 0 Å². The standard InChI is InChI=1S/C33H32N2OS/c1-18(2)23-16-26(34-17-24(23)28-19(3)10-8-11-20(28)4)21-12-9-13-22-29-27(36-30(21)22)15-14-25-31(29)37-32(35-25)33(5,6)7/h8-18H,1-7H3/i18D. The third kappa shape index (κ3) is 3.86. The first-order valence-corrected chi connectivity index (χ1v) is 13.6. The second-order valence-electron chi connectivity index (χ2n) is 11.2. The van der Waals surface area contributed by atoms with Crippen molar-refractivity contribution >= 4 is 43.5 Å². The maximum atomic E-state index is 9.00. The molecular weight excluding hydrogens is 472 g/mol. The van der Waals surface area contributed by atoms with Crippen molar-refractivity contribution in [3.8, 4) is 22.4 Å². The fourth-order valence-electron chi connectivity index (χ4n) is 5.25. The molecule has 3 aromatic carbocycles. The minimum absolute atomic E-state index is 0.0126. The smallest absolute Gasteiger partial charge is 0.144 e. The van der Waals surface area contributed by atoms with Crippen LogP contribution < -0.4 is 0 Å². The molecule has 3 aromatic heterocycles. The van der Waals surface area contributed by atoms with E-state index in [1.165, 1.54) is 11.1 Å². The molecule has 0 unspecified atom stereocenters. The van der Waals surface area contributed by atoms with Gasteiger partial charge in [0.2, 0.25) is 0 Å². The van der Waals surface area contributed by atoms with Crippen molar-refractivity contribution in [1.82, 2.24) is 9.97 Å². The van der Waals surface area contributed by atoms with E-state index in [0.717, 1.165) is 65.1 Å². The number of aromatic nitrogens is 2. The lowest BCUT2D eigenvalue weighted by atomic mass is 9.88. The zero-order chi connectivity index (χ0) is 27.0. The van der Waals surface area contributed by atoms with Crippen molar-refractivity contribution in [2.75, 3.05) is 0 Å². The van der Waals surface area contributed by atoms with E-state index in [0.29, 0.717) is 0 Å². The number of fused-ring (bicyclic) bond motifs is 5. The summed E-state index contributed by atoms with van der Waals surface area (Å²) in [5, 5.41) is 3.30. The Morgan fingerprint density at radius 1 is 0.946 bits per heavy atom. The molecule has 0 aliphatic carbocycles. The first-order valence-electron chi connectivity index (χ1n) is 13.3. The van der Waals surface area contributed by atoms with E-state index in [1.54, 1.807) is 11.3 Å². The molecule has 0 amide bonds. The molecule has 6 rings (SSSR count). The highest BCUT2D eigenvalue weighted by Crippen LogP contribution is 2.43. The molecule has 0 aliphatic heterocycles. The van der Waals surface area contributed by atoms with Gasteiger partial charge in [-0.15, -0.1) is 11.3 Å². The van der Waals surface area contributed by atoms with Crippen LogP contribution in [0.5, 0.6) is 0 Å². The van der Waals surface area contributed by atoms with Crippen molar-refractivity contribution in [2.24, 2.45) is 0 Å². The van der Waals surface area contributed by atoms with Crippen LogP contribution in [0.25, 0.3) is 54.5 Å². The molecule has 0 atom stereocenters. The Kier molecular flexibility index (Phi) is 5.23. The van der Waals surface area contributed by atoms with Gasteiger partial charge < -0.3 is 4.42 Å². The Hall–Kier alpha value is -3.50. The largest absolute Gasteiger partial charge is 0.455 e. The molecular formula is C33H32N2OS. The lowest BCUT2D eigenvalue weighted by molar-refractivity contribution is 0.587. The summed E-state index contributed by atoms with van der Waals surface area (Å²) in [7, 11) is 0. The first-order chi connectivity index (χ1) is 17.9. The van der Waals surface area contributed by atoms with Crippen LogP contribution in [0.1, 0.15) is 63.6 Å². The zero-order valence-corrected chi connectivity index (χ0v) is 23.3. The summed E-state index contributed by atoms with van der Waals surface area (Å²) in [6, 6.07) is 18.8. The molecule has 3 heterocycles. The van der Waals surface area contributed by atoms with E-state index in [1.807, 2.05) is 26.1 Å². The number of hydrogen-bond donors (Lipinski definition) is 0. The van der Waals surface area contributed by atoms with Crippen LogP contribution in [-0.2, 0) is 5.41 Å². The predicted octanol–water partition coefficient (Wildman–Crippen LogP) is 9.96. The molecule has 186 valence electrons. The van der Waals surface area contributed by atoms with Crippen molar-refractivity contribution in [3.05, 3.63) is 82.5 Å². The van der Waals surface area contributed by atoms with E-state index >= 15 is 0 Å². The third-order valence-electron chi connectivity index (χ3n) is 7.13. The van der Waals surface area contributed by atoms with Crippen LogP contribution in [0.2, 0.25) is 0 Å². The molecule has 0 spiro atoms. The topological polar surface area (TPSA) is 38.9 Å². The Balaban J connectivity index is 1.60. The van der Waals surface area contributed by atoms with Crippen molar-refractivity contribution < 1.29 is 5.79 Å². The fraction of sp³-hybridized carbons (Fsp3) is 0.273. The van der Waals surface area contributed by atoms with Gasteiger partial charge in [0.1, 0.15) is 11.2 Å². The van der Waals surface area contributed by atoms with Crippen LogP contribution in [-0.4, -0.2) is 9.97 Å². The highest BCUT2D eigenvalue weighted by atomic mass is 32.1. The zero-order valence-electron chi connectivity index (χ0n) is 23.5. The number of nitrogens with zero attached hydrogens (tertiary/aromatic N) is 2. The number of pyridine rings is 1. The monoisotopic (exact) mass is 505 g/mol. The summed E-state index contributed by atoms with van der Waals surface area (Å²) in [5.74, 6) is -0.804. The number of para-hydroxylation sites is 1. The summed E-state index contributed by atoms with van der Waals surface area (Å²) in [6.07, 6.45) is 1.94. The highest BCUT2D eigenvalue weighted by molar-refractivity contribution is 7.19. The average molecular weight is 506 g/mol. The van der Waals surface area contributed by atoms with Gasteiger partial charge >= 0.3 is 0 Å². The summed E-state index contributed by atoms with van der Waals surface area (Å²) in [6.45, 7) is 14.7. The second kappa shape index (κ2) is 8.53. The van der Waals surface area contributed by atoms with Crippen LogP contribution in [0, 0.1) is 13.8 Å². The van der Waals surface area contributed by atoms with Gasteiger partial charge in [-0.05, 0) is 66.3 Å². The molecule has 37 heavy (non-hydrogen) atoms. The Bertz CT molecular complexity index is 1840. The van der Waals surface area contributed by atoms with Crippen LogP contribution in [0.15, 0.2) is 65.2 Å². The lowest BCUT2D eigenvalue weighted by Gasteiger charge is -2.18. The molecule has 0 bridgehead atoms. The van der Waals surface area contributed by atoms with Gasteiger partial charge in [-0.25, -0.2) is 4.98 Å². The maximum Gasteiger partial charge on any atom is 0.144 e. The average Bonchev–Trinajstić information content (AvgIpc) is 3.45. The lowest BCUT2D eigenvalue weighted by Crippen LogP contribution is -2.09. The Morgan fingerprint density at radius 2 is 1.68 bits per heavy atom. The van der Waals surface area contributed by atoms with E-state index in [9.17, 15) is 0 Å². The minimum atomic E-state index is -0.804. The van der Waals surface area contributed by atoms with Crippen LogP contribution >= 0.6 is 11.3 Å². The summed E-state index contributed by atoms with van der Waals surface area (Å²) in [4.78, 5) is 9.88. The maximum absolute atomic E-state index is 9.00. The van der Waals surface area contributed by atoms with Crippen molar-refractivity contribution in [1.29, 1.82) is 0 Å². The predicted molar refractivity (Wildman–Crippen MR) is 158 cm³/mol. The molecule has 0 saturated heterocycles. The van der Waals surface area contributed by atoms with E-state index in [-0.39, 0.29) is 5.41 Å². The van der Waals surface area contributed by atoms with Crippen molar-refractivity contribution in [2.45, 2.75) is 59.8 Å². The van der Waals surface area contributed by atoms with Gasteiger partial charge in [-0.2, -0.15) is 0 Å². The van der Waals surface area contributed by atoms with E-state index in [2.05, 4.69) is 83.1 Å². The summed E-state index contributed by atoms with van der Waals surface area (Å²) >= 11 is 1.75. The number of rotatable bonds is 3.